The quantitative estimate of drug-likeness (QED) is 0.911. The molecule has 2 aromatic rings. The highest BCUT2D eigenvalue weighted by Crippen LogP contribution is 2.27. The van der Waals surface area contributed by atoms with Crippen molar-refractivity contribution < 1.29 is 5.11 Å². The first-order chi connectivity index (χ1) is 8.56. The number of halogens is 2. The van der Waals surface area contributed by atoms with E-state index in [0.717, 1.165) is 10.0 Å². The number of nitrogens with two attached hydrogens (primary N) is 1. The number of aliphatic hydroxyl groups is 1. The molecule has 0 saturated heterocycles. The van der Waals surface area contributed by atoms with Crippen LogP contribution in [0, 0.1) is 0 Å². The van der Waals surface area contributed by atoms with Crippen LogP contribution < -0.4 is 5.73 Å². The van der Waals surface area contributed by atoms with Crippen LogP contribution in [0.2, 0.25) is 5.02 Å². The normalized spacial score (nSPS) is 14.2. The molecule has 0 aliphatic carbocycles. The lowest BCUT2D eigenvalue weighted by atomic mass is 9.88. The van der Waals surface area contributed by atoms with Gasteiger partial charge in [-0.2, -0.15) is 0 Å². The van der Waals surface area contributed by atoms with E-state index in [4.69, 9.17) is 17.3 Å². The molecule has 94 valence electrons. The number of rotatable bonds is 3. The van der Waals surface area contributed by atoms with Crippen molar-refractivity contribution in [2.45, 2.75) is 5.54 Å². The molecule has 3 nitrogen and oxygen atoms in total. The van der Waals surface area contributed by atoms with Crippen LogP contribution in [0.15, 0.2) is 47.1 Å². The van der Waals surface area contributed by atoms with E-state index in [-0.39, 0.29) is 6.61 Å². The fraction of sp³-hybridized carbons (Fsp3) is 0.154. The van der Waals surface area contributed by atoms with Crippen molar-refractivity contribution in [1.82, 2.24) is 4.98 Å². The number of aromatic nitrogens is 1. The highest BCUT2D eigenvalue weighted by molar-refractivity contribution is 9.10. The van der Waals surface area contributed by atoms with Gasteiger partial charge in [0.1, 0.15) is 5.54 Å². The molecule has 0 aliphatic heterocycles. The van der Waals surface area contributed by atoms with Crippen LogP contribution in [-0.2, 0) is 5.54 Å². The lowest BCUT2D eigenvalue weighted by Crippen LogP contribution is -2.42. The highest BCUT2D eigenvalue weighted by Gasteiger charge is 2.30. The molecule has 18 heavy (non-hydrogen) atoms. The van der Waals surface area contributed by atoms with Crippen LogP contribution in [0.4, 0.5) is 0 Å². The van der Waals surface area contributed by atoms with E-state index in [1.54, 1.807) is 36.5 Å². The molecule has 1 aromatic carbocycles. The van der Waals surface area contributed by atoms with Gasteiger partial charge in [-0.15, -0.1) is 0 Å². The number of nitrogens with zero attached hydrogens (tertiary/aromatic N) is 1. The van der Waals surface area contributed by atoms with Gasteiger partial charge in [0, 0.05) is 15.7 Å². The predicted molar refractivity (Wildman–Crippen MR) is 75.4 cm³/mol. The Bertz CT molecular complexity index is 482. The second-order valence-electron chi connectivity index (χ2n) is 4.00. The number of benzene rings is 1. The van der Waals surface area contributed by atoms with E-state index in [1.807, 2.05) is 6.07 Å². The van der Waals surface area contributed by atoms with Crippen LogP contribution in [0.3, 0.4) is 0 Å². The third kappa shape index (κ3) is 2.57. The molecule has 5 heteroatoms. The van der Waals surface area contributed by atoms with Crippen LogP contribution in [-0.4, -0.2) is 16.7 Å². The van der Waals surface area contributed by atoms with E-state index in [1.165, 1.54) is 0 Å². The molecule has 0 amide bonds. The Morgan fingerprint density at radius 2 is 1.89 bits per heavy atom. The zero-order valence-corrected chi connectivity index (χ0v) is 11.8. The Morgan fingerprint density at radius 1 is 1.22 bits per heavy atom. The topological polar surface area (TPSA) is 59.1 Å². The summed E-state index contributed by atoms with van der Waals surface area (Å²) in [5.41, 5.74) is 6.62. The molecule has 0 radical (unpaired) electrons. The smallest absolute Gasteiger partial charge is 0.107 e. The van der Waals surface area contributed by atoms with E-state index in [0.29, 0.717) is 10.7 Å². The van der Waals surface area contributed by atoms with Gasteiger partial charge in [-0.3, -0.25) is 4.98 Å². The molecule has 0 spiro atoms. The maximum atomic E-state index is 9.62. The summed E-state index contributed by atoms with van der Waals surface area (Å²) in [5, 5.41) is 10.2. The van der Waals surface area contributed by atoms with Crippen molar-refractivity contribution >= 4 is 27.5 Å². The van der Waals surface area contributed by atoms with E-state index < -0.39 is 5.54 Å². The van der Waals surface area contributed by atoms with Crippen LogP contribution in [0.25, 0.3) is 0 Å². The Balaban J connectivity index is 2.47. The van der Waals surface area contributed by atoms with Crippen molar-refractivity contribution in [2.24, 2.45) is 5.73 Å². The number of hydrogen-bond donors (Lipinski definition) is 2. The molecule has 0 saturated carbocycles. The third-order valence-electron chi connectivity index (χ3n) is 2.79. The minimum Gasteiger partial charge on any atom is -0.394 e. The standard InChI is InChI=1S/C13H12BrClN2O/c14-10-3-6-12(17-7-10)13(16,8-18)9-1-4-11(15)5-2-9/h1-7,18H,8,16H2. The zero-order chi connectivity index (χ0) is 13.2. The van der Waals surface area contributed by atoms with Crippen molar-refractivity contribution in [2.75, 3.05) is 6.61 Å². The molecular formula is C13H12BrClN2O. The average molecular weight is 328 g/mol. The van der Waals surface area contributed by atoms with Gasteiger partial charge in [-0.25, -0.2) is 0 Å². The maximum absolute atomic E-state index is 9.62. The first-order valence-electron chi connectivity index (χ1n) is 5.34. The largest absolute Gasteiger partial charge is 0.394 e. The number of aliphatic hydroxyl groups excluding tert-OH is 1. The Morgan fingerprint density at radius 3 is 2.39 bits per heavy atom. The van der Waals surface area contributed by atoms with Crippen LogP contribution in [0.5, 0.6) is 0 Å². The van der Waals surface area contributed by atoms with Gasteiger partial charge in [-0.1, -0.05) is 23.7 Å². The highest BCUT2D eigenvalue weighted by atomic mass is 79.9. The summed E-state index contributed by atoms with van der Waals surface area (Å²) >= 11 is 9.16. The Hall–Kier alpha value is -0.940. The summed E-state index contributed by atoms with van der Waals surface area (Å²) < 4.78 is 0.864. The van der Waals surface area contributed by atoms with Crippen LogP contribution >= 0.6 is 27.5 Å². The lowest BCUT2D eigenvalue weighted by Gasteiger charge is -2.27. The molecule has 1 atom stereocenters. The minimum absolute atomic E-state index is 0.233. The van der Waals surface area contributed by atoms with Crippen molar-refractivity contribution in [1.29, 1.82) is 0 Å². The molecule has 1 aromatic heterocycles. The van der Waals surface area contributed by atoms with Crippen molar-refractivity contribution in [3.8, 4) is 0 Å². The zero-order valence-electron chi connectivity index (χ0n) is 9.48. The Kier molecular flexibility index (Phi) is 4.02. The Labute approximate surface area is 119 Å². The molecule has 2 rings (SSSR count). The molecule has 0 bridgehead atoms. The molecule has 0 fully saturated rings. The lowest BCUT2D eigenvalue weighted by molar-refractivity contribution is 0.220. The van der Waals surface area contributed by atoms with E-state index in [2.05, 4.69) is 20.9 Å². The first-order valence-corrected chi connectivity index (χ1v) is 6.51. The summed E-state index contributed by atoms with van der Waals surface area (Å²) in [5.74, 6) is 0. The molecule has 1 heterocycles. The third-order valence-corrected chi connectivity index (χ3v) is 3.51. The van der Waals surface area contributed by atoms with Gasteiger partial charge in [-0.05, 0) is 45.8 Å². The summed E-state index contributed by atoms with van der Waals surface area (Å²) in [6.45, 7) is -0.233. The summed E-state index contributed by atoms with van der Waals surface area (Å²) in [6, 6.07) is 10.7. The van der Waals surface area contributed by atoms with Gasteiger partial charge in [0.25, 0.3) is 0 Å². The predicted octanol–water partition coefficient (Wildman–Crippen LogP) is 2.69. The first kappa shape index (κ1) is 13.5. The fourth-order valence-electron chi connectivity index (χ4n) is 1.71. The summed E-state index contributed by atoms with van der Waals surface area (Å²) in [6.07, 6.45) is 1.66. The van der Waals surface area contributed by atoms with E-state index in [9.17, 15) is 5.11 Å². The number of hydrogen-bond acceptors (Lipinski definition) is 3. The van der Waals surface area contributed by atoms with Gasteiger partial charge in [0.15, 0.2) is 0 Å². The second-order valence-corrected chi connectivity index (χ2v) is 5.35. The van der Waals surface area contributed by atoms with Crippen molar-refractivity contribution in [3.05, 3.63) is 63.3 Å². The van der Waals surface area contributed by atoms with Crippen LogP contribution in [0.1, 0.15) is 11.3 Å². The van der Waals surface area contributed by atoms with Gasteiger partial charge < -0.3 is 10.8 Å². The molecule has 3 N–H and O–H groups in total. The second kappa shape index (κ2) is 5.36. The summed E-state index contributed by atoms with van der Waals surface area (Å²) in [4.78, 5) is 4.26. The SMILES string of the molecule is NC(CO)(c1ccc(Cl)cc1)c1ccc(Br)cn1. The fourth-order valence-corrected chi connectivity index (χ4v) is 2.07. The molecule has 0 aliphatic rings. The van der Waals surface area contributed by atoms with Gasteiger partial charge in [0.2, 0.25) is 0 Å². The monoisotopic (exact) mass is 326 g/mol. The maximum Gasteiger partial charge on any atom is 0.107 e. The number of pyridine rings is 1. The average Bonchev–Trinajstić information content (AvgIpc) is 2.39. The minimum atomic E-state index is -1.02. The molecule has 1 unspecified atom stereocenters. The van der Waals surface area contributed by atoms with Crippen molar-refractivity contribution in [3.63, 3.8) is 0 Å². The van der Waals surface area contributed by atoms with Gasteiger partial charge >= 0.3 is 0 Å². The molecular weight excluding hydrogens is 316 g/mol. The summed E-state index contributed by atoms with van der Waals surface area (Å²) in [7, 11) is 0. The van der Waals surface area contributed by atoms with Gasteiger partial charge in [0.05, 0.1) is 12.3 Å². The van der Waals surface area contributed by atoms with E-state index >= 15 is 0 Å².